The Morgan fingerprint density at radius 2 is 1.90 bits per heavy atom. The Kier molecular flexibility index (Phi) is 3.94. The number of halogens is 2. The molecule has 4 nitrogen and oxygen atoms in total. The van der Waals surface area contributed by atoms with Gasteiger partial charge in [-0.15, -0.1) is 0 Å². The predicted octanol–water partition coefficient (Wildman–Crippen LogP) is 4.13. The fraction of sp³-hybridized carbons (Fsp3) is 0.286. The largest absolute Gasteiger partial charge is 0.356 e. The van der Waals surface area contributed by atoms with E-state index in [1.54, 1.807) is 24.4 Å². The van der Waals surface area contributed by atoms with Crippen molar-refractivity contribution in [3.63, 3.8) is 0 Å². The Labute approximate surface area is 127 Å². The Morgan fingerprint density at radius 1 is 1.10 bits per heavy atom. The maximum atomic E-state index is 6.13. The van der Waals surface area contributed by atoms with Gasteiger partial charge in [0.05, 0.1) is 10.7 Å². The Bertz CT molecular complexity index is 612. The summed E-state index contributed by atoms with van der Waals surface area (Å²) in [5.41, 5.74) is 0.706. The van der Waals surface area contributed by atoms with Crippen molar-refractivity contribution in [1.29, 1.82) is 0 Å². The lowest BCUT2D eigenvalue weighted by Gasteiger charge is -2.16. The van der Waals surface area contributed by atoms with E-state index in [4.69, 9.17) is 23.2 Å². The van der Waals surface area contributed by atoms with E-state index in [9.17, 15) is 0 Å². The summed E-state index contributed by atoms with van der Waals surface area (Å²) in [4.78, 5) is 11.0. The second kappa shape index (κ2) is 5.85. The number of nitrogens with one attached hydrogen (secondary N) is 1. The minimum Gasteiger partial charge on any atom is -0.356 e. The maximum Gasteiger partial charge on any atom is 0.229 e. The van der Waals surface area contributed by atoms with Crippen LogP contribution in [-0.2, 0) is 0 Å². The predicted molar refractivity (Wildman–Crippen MR) is 83.2 cm³/mol. The third kappa shape index (κ3) is 2.97. The molecule has 0 aliphatic carbocycles. The highest BCUT2D eigenvalue weighted by Gasteiger charge is 2.14. The van der Waals surface area contributed by atoms with E-state index in [2.05, 4.69) is 20.2 Å². The van der Waals surface area contributed by atoms with Crippen LogP contribution in [0.1, 0.15) is 12.8 Å². The highest BCUT2D eigenvalue weighted by molar-refractivity contribution is 6.35. The summed E-state index contributed by atoms with van der Waals surface area (Å²) in [5.74, 6) is 1.47. The molecule has 2 heterocycles. The monoisotopic (exact) mass is 308 g/mol. The Hall–Kier alpha value is -1.52. The fourth-order valence-corrected chi connectivity index (χ4v) is 2.58. The van der Waals surface area contributed by atoms with E-state index in [0.29, 0.717) is 21.7 Å². The first-order chi connectivity index (χ1) is 9.72. The van der Waals surface area contributed by atoms with Gasteiger partial charge in [0, 0.05) is 24.3 Å². The van der Waals surface area contributed by atoms with Gasteiger partial charge in [0.25, 0.3) is 0 Å². The highest BCUT2D eigenvalue weighted by atomic mass is 35.5. The number of benzene rings is 1. The molecule has 1 N–H and O–H groups in total. The molecule has 3 rings (SSSR count). The van der Waals surface area contributed by atoms with Crippen LogP contribution < -0.4 is 10.2 Å². The molecule has 0 radical (unpaired) electrons. The summed E-state index contributed by atoms with van der Waals surface area (Å²) in [6.45, 7) is 2.10. The van der Waals surface area contributed by atoms with Crippen molar-refractivity contribution < 1.29 is 0 Å². The molecule has 0 spiro atoms. The summed E-state index contributed by atoms with van der Waals surface area (Å²) in [7, 11) is 0. The van der Waals surface area contributed by atoms with E-state index in [0.717, 1.165) is 18.9 Å². The van der Waals surface area contributed by atoms with Crippen LogP contribution in [0.15, 0.2) is 30.5 Å². The van der Waals surface area contributed by atoms with Gasteiger partial charge in [-0.05, 0) is 37.1 Å². The topological polar surface area (TPSA) is 41.1 Å². The van der Waals surface area contributed by atoms with E-state index in [-0.39, 0.29) is 0 Å². The molecule has 1 aliphatic heterocycles. The van der Waals surface area contributed by atoms with Gasteiger partial charge in [-0.3, -0.25) is 0 Å². The van der Waals surface area contributed by atoms with Crippen molar-refractivity contribution in [1.82, 2.24) is 9.97 Å². The van der Waals surface area contributed by atoms with E-state index in [1.165, 1.54) is 12.8 Å². The molecule has 0 amide bonds. The highest BCUT2D eigenvalue weighted by Crippen LogP contribution is 2.28. The van der Waals surface area contributed by atoms with Crippen LogP contribution in [0.4, 0.5) is 17.5 Å². The molecule has 0 unspecified atom stereocenters. The van der Waals surface area contributed by atoms with Gasteiger partial charge in [-0.2, -0.15) is 4.98 Å². The zero-order valence-corrected chi connectivity index (χ0v) is 12.3. The van der Waals surface area contributed by atoms with Crippen molar-refractivity contribution in [2.45, 2.75) is 12.8 Å². The molecule has 0 bridgehead atoms. The molecule has 1 aromatic heterocycles. The van der Waals surface area contributed by atoms with Crippen molar-refractivity contribution in [2.75, 3.05) is 23.3 Å². The number of aromatic nitrogens is 2. The average molecular weight is 309 g/mol. The quantitative estimate of drug-likeness (QED) is 0.925. The Balaban J connectivity index is 1.83. The summed E-state index contributed by atoms with van der Waals surface area (Å²) in [6, 6.07) is 7.18. The zero-order chi connectivity index (χ0) is 13.9. The van der Waals surface area contributed by atoms with Gasteiger partial charge in [0.1, 0.15) is 5.82 Å². The fourth-order valence-electron chi connectivity index (χ4n) is 2.25. The number of hydrogen-bond acceptors (Lipinski definition) is 4. The van der Waals surface area contributed by atoms with Gasteiger partial charge < -0.3 is 10.2 Å². The van der Waals surface area contributed by atoms with Gasteiger partial charge in [0.2, 0.25) is 5.95 Å². The van der Waals surface area contributed by atoms with Crippen LogP contribution in [0.3, 0.4) is 0 Å². The summed E-state index contributed by atoms with van der Waals surface area (Å²) >= 11 is 12.1. The third-order valence-electron chi connectivity index (χ3n) is 3.25. The average Bonchev–Trinajstić information content (AvgIpc) is 2.97. The number of rotatable bonds is 3. The molecule has 1 aromatic carbocycles. The first-order valence-corrected chi connectivity index (χ1v) is 7.28. The van der Waals surface area contributed by atoms with Crippen LogP contribution in [0, 0.1) is 0 Å². The molecule has 1 aliphatic rings. The van der Waals surface area contributed by atoms with Crippen LogP contribution in [0.25, 0.3) is 0 Å². The van der Waals surface area contributed by atoms with Crippen molar-refractivity contribution in [2.24, 2.45) is 0 Å². The van der Waals surface area contributed by atoms with E-state index >= 15 is 0 Å². The molecule has 1 saturated heterocycles. The molecular formula is C14H14Cl2N4. The first-order valence-electron chi connectivity index (χ1n) is 6.52. The SMILES string of the molecule is Clc1ccc(Cl)c(Nc2nccc(N3CCCC3)n2)c1. The standard InChI is InChI=1S/C14H14Cl2N4/c15-10-3-4-11(16)12(9-10)18-14-17-6-5-13(19-14)20-7-1-2-8-20/h3-6,9H,1-2,7-8H2,(H,17,18,19). The van der Waals surface area contributed by atoms with Gasteiger partial charge in [-0.25, -0.2) is 4.98 Å². The molecule has 0 saturated carbocycles. The van der Waals surface area contributed by atoms with Crippen LogP contribution >= 0.6 is 23.2 Å². The first kappa shape index (κ1) is 13.5. The molecule has 6 heteroatoms. The summed E-state index contributed by atoms with van der Waals surface area (Å²) < 4.78 is 0. The van der Waals surface area contributed by atoms with Crippen LogP contribution in [0.2, 0.25) is 10.0 Å². The zero-order valence-electron chi connectivity index (χ0n) is 10.8. The van der Waals surface area contributed by atoms with Gasteiger partial charge in [-0.1, -0.05) is 23.2 Å². The molecule has 1 fully saturated rings. The maximum absolute atomic E-state index is 6.13. The summed E-state index contributed by atoms with van der Waals surface area (Å²) in [5, 5.41) is 4.32. The molecule has 20 heavy (non-hydrogen) atoms. The van der Waals surface area contributed by atoms with Gasteiger partial charge >= 0.3 is 0 Å². The van der Waals surface area contributed by atoms with Crippen LogP contribution in [-0.4, -0.2) is 23.1 Å². The molecule has 2 aromatic rings. The minimum atomic E-state index is 0.526. The van der Waals surface area contributed by atoms with E-state index < -0.39 is 0 Å². The minimum absolute atomic E-state index is 0.526. The lowest BCUT2D eigenvalue weighted by Crippen LogP contribution is -2.19. The number of hydrogen-bond donors (Lipinski definition) is 1. The van der Waals surface area contributed by atoms with Gasteiger partial charge in [0.15, 0.2) is 0 Å². The lowest BCUT2D eigenvalue weighted by atomic mass is 10.3. The number of anilines is 3. The normalized spacial score (nSPS) is 14.6. The smallest absolute Gasteiger partial charge is 0.229 e. The van der Waals surface area contributed by atoms with Crippen molar-refractivity contribution in [3.05, 3.63) is 40.5 Å². The van der Waals surface area contributed by atoms with Crippen LogP contribution in [0.5, 0.6) is 0 Å². The lowest BCUT2D eigenvalue weighted by molar-refractivity contribution is 0.930. The Morgan fingerprint density at radius 3 is 2.70 bits per heavy atom. The van der Waals surface area contributed by atoms with E-state index in [1.807, 2.05) is 6.07 Å². The second-order valence-electron chi connectivity index (χ2n) is 4.68. The summed E-state index contributed by atoms with van der Waals surface area (Å²) in [6.07, 6.45) is 4.18. The molecule has 104 valence electrons. The van der Waals surface area contributed by atoms with Crippen molar-refractivity contribution in [3.8, 4) is 0 Å². The molecule has 0 atom stereocenters. The third-order valence-corrected chi connectivity index (χ3v) is 3.81. The molecular weight excluding hydrogens is 295 g/mol. The second-order valence-corrected chi connectivity index (χ2v) is 5.53. The number of nitrogens with zero attached hydrogens (tertiary/aromatic N) is 3. The van der Waals surface area contributed by atoms with Crippen molar-refractivity contribution >= 4 is 40.7 Å².